The van der Waals surface area contributed by atoms with Gasteiger partial charge in [-0.05, 0) is 37.8 Å². The van der Waals surface area contributed by atoms with Crippen molar-refractivity contribution in [1.82, 2.24) is 9.97 Å². The van der Waals surface area contributed by atoms with E-state index in [1.165, 1.54) is 12.8 Å². The van der Waals surface area contributed by atoms with Gasteiger partial charge in [0.25, 0.3) is 0 Å². The summed E-state index contributed by atoms with van der Waals surface area (Å²) < 4.78 is 10.7. The average Bonchev–Trinajstić information content (AvgIpc) is 2.69. The standard InChI is InChI=1S/C19H27N5O2/c1-4-13-7-5-6-10-24(13)19-17(20)18(21-12-22-19)23-15-11-14(25-2)8-9-16(15)26-3/h8-9,11-13H,4-7,10,20H2,1-3H3,(H,21,22,23). The lowest BCUT2D eigenvalue weighted by molar-refractivity contribution is 0.405. The molecule has 0 spiro atoms. The Morgan fingerprint density at radius 2 is 2.08 bits per heavy atom. The summed E-state index contributed by atoms with van der Waals surface area (Å²) in [6, 6.07) is 6.02. The van der Waals surface area contributed by atoms with Crippen LogP contribution in [0.15, 0.2) is 24.5 Å². The Balaban J connectivity index is 1.93. The van der Waals surface area contributed by atoms with Gasteiger partial charge in [-0.15, -0.1) is 0 Å². The van der Waals surface area contributed by atoms with Gasteiger partial charge >= 0.3 is 0 Å². The fraction of sp³-hybridized carbons (Fsp3) is 0.474. The van der Waals surface area contributed by atoms with E-state index in [-0.39, 0.29) is 0 Å². The zero-order chi connectivity index (χ0) is 18.5. The van der Waals surface area contributed by atoms with Crippen LogP contribution in [-0.2, 0) is 0 Å². The van der Waals surface area contributed by atoms with Gasteiger partial charge in [0.2, 0.25) is 0 Å². The maximum Gasteiger partial charge on any atom is 0.159 e. The third kappa shape index (κ3) is 3.61. The number of hydrogen-bond acceptors (Lipinski definition) is 7. The SMILES string of the molecule is CCC1CCCCN1c1ncnc(Nc2cc(OC)ccc2OC)c1N. The van der Waals surface area contributed by atoms with Gasteiger partial charge in [0.15, 0.2) is 11.6 Å². The Morgan fingerprint density at radius 1 is 1.23 bits per heavy atom. The van der Waals surface area contributed by atoms with Gasteiger partial charge < -0.3 is 25.4 Å². The first-order chi connectivity index (χ1) is 12.7. The lowest BCUT2D eigenvalue weighted by atomic mass is 10.00. The lowest BCUT2D eigenvalue weighted by Gasteiger charge is -2.36. The van der Waals surface area contributed by atoms with E-state index >= 15 is 0 Å². The lowest BCUT2D eigenvalue weighted by Crippen LogP contribution is -2.40. The minimum absolute atomic E-state index is 0.472. The first kappa shape index (κ1) is 18.1. The fourth-order valence-corrected chi connectivity index (χ4v) is 3.46. The van der Waals surface area contributed by atoms with Gasteiger partial charge in [-0.3, -0.25) is 0 Å². The van der Waals surface area contributed by atoms with Crippen LogP contribution in [0.2, 0.25) is 0 Å². The van der Waals surface area contributed by atoms with Crippen molar-refractivity contribution in [3.05, 3.63) is 24.5 Å². The first-order valence-electron chi connectivity index (χ1n) is 9.04. The number of aromatic nitrogens is 2. The van der Waals surface area contributed by atoms with Crippen LogP contribution in [0.3, 0.4) is 0 Å². The second kappa shape index (κ2) is 8.12. The van der Waals surface area contributed by atoms with Crippen molar-refractivity contribution in [1.29, 1.82) is 0 Å². The van der Waals surface area contributed by atoms with Crippen molar-refractivity contribution >= 4 is 23.0 Å². The van der Waals surface area contributed by atoms with Crippen molar-refractivity contribution in [2.45, 2.75) is 38.6 Å². The summed E-state index contributed by atoms with van der Waals surface area (Å²) in [4.78, 5) is 11.1. The predicted molar refractivity (Wildman–Crippen MR) is 105 cm³/mol. The first-order valence-corrected chi connectivity index (χ1v) is 9.04. The third-order valence-corrected chi connectivity index (χ3v) is 4.89. The Kier molecular flexibility index (Phi) is 5.65. The molecule has 1 aliphatic heterocycles. The van der Waals surface area contributed by atoms with Crippen LogP contribution in [-0.4, -0.2) is 36.8 Å². The average molecular weight is 357 g/mol. The molecule has 26 heavy (non-hydrogen) atoms. The Labute approximate surface area is 154 Å². The molecule has 3 N–H and O–H groups in total. The summed E-state index contributed by atoms with van der Waals surface area (Å²) in [5.74, 6) is 2.79. The molecule has 1 aliphatic rings. The van der Waals surface area contributed by atoms with E-state index in [2.05, 4.69) is 27.1 Å². The number of nitrogens with zero attached hydrogens (tertiary/aromatic N) is 3. The predicted octanol–water partition coefficient (Wildman–Crippen LogP) is 3.59. The van der Waals surface area contributed by atoms with Crippen molar-refractivity contribution in [3.8, 4) is 11.5 Å². The van der Waals surface area contributed by atoms with Crippen LogP contribution in [0, 0.1) is 0 Å². The van der Waals surface area contributed by atoms with Crippen molar-refractivity contribution in [2.24, 2.45) is 0 Å². The number of hydrogen-bond donors (Lipinski definition) is 2. The van der Waals surface area contributed by atoms with Crippen molar-refractivity contribution < 1.29 is 9.47 Å². The van der Waals surface area contributed by atoms with E-state index in [4.69, 9.17) is 15.2 Å². The number of nitrogens with one attached hydrogen (secondary N) is 1. The molecule has 1 atom stereocenters. The highest BCUT2D eigenvalue weighted by Crippen LogP contribution is 2.36. The molecule has 1 aromatic carbocycles. The molecule has 7 heteroatoms. The Hall–Kier alpha value is -2.70. The molecule has 0 radical (unpaired) electrons. The minimum Gasteiger partial charge on any atom is -0.497 e. The highest BCUT2D eigenvalue weighted by Gasteiger charge is 2.25. The topological polar surface area (TPSA) is 85.5 Å². The van der Waals surface area contributed by atoms with Gasteiger partial charge in [0.1, 0.15) is 23.5 Å². The second-order valence-corrected chi connectivity index (χ2v) is 6.40. The van der Waals surface area contributed by atoms with Gasteiger partial charge in [0.05, 0.1) is 19.9 Å². The molecule has 0 bridgehead atoms. The maximum absolute atomic E-state index is 6.44. The molecule has 0 amide bonds. The summed E-state index contributed by atoms with van der Waals surface area (Å²) >= 11 is 0. The molecule has 1 aromatic heterocycles. The highest BCUT2D eigenvalue weighted by atomic mass is 16.5. The molecule has 1 fully saturated rings. The van der Waals surface area contributed by atoms with E-state index in [1.54, 1.807) is 20.5 Å². The minimum atomic E-state index is 0.472. The number of nitrogen functional groups attached to an aromatic ring is 1. The molecular weight excluding hydrogens is 330 g/mol. The Morgan fingerprint density at radius 3 is 2.81 bits per heavy atom. The number of rotatable bonds is 6. The van der Waals surface area contributed by atoms with Crippen LogP contribution in [0.1, 0.15) is 32.6 Å². The van der Waals surface area contributed by atoms with Crippen molar-refractivity contribution in [3.63, 3.8) is 0 Å². The molecule has 2 heterocycles. The fourth-order valence-electron chi connectivity index (χ4n) is 3.46. The number of piperidine rings is 1. The van der Waals surface area contributed by atoms with E-state index in [0.29, 0.717) is 23.3 Å². The third-order valence-electron chi connectivity index (χ3n) is 4.89. The van der Waals surface area contributed by atoms with Crippen molar-refractivity contribution in [2.75, 3.05) is 36.7 Å². The summed E-state index contributed by atoms with van der Waals surface area (Å²) in [7, 11) is 3.26. The summed E-state index contributed by atoms with van der Waals surface area (Å²) in [6.07, 6.45) is 6.23. The van der Waals surface area contributed by atoms with E-state index in [1.807, 2.05) is 18.2 Å². The zero-order valence-electron chi connectivity index (χ0n) is 15.7. The quantitative estimate of drug-likeness (QED) is 0.817. The van der Waals surface area contributed by atoms with Crippen LogP contribution >= 0.6 is 0 Å². The molecule has 1 saturated heterocycles. The summed E-state index contributed by atoms with van der Waals surface area (Å²) in [6.45, 7) is 3.18. The van der Waals surface area contributed by atoms with Gasteiger partial charge in [-0.1, -0.05) is 6.92 Å². The van der Waals surface area contributed by atoms with Gasteiger partial charge in [-0.25, -0.2) is 9.97 Å². The normalized spacial score (nSPS) is 17.0. The number of nitrogens with two attached hydrogens (primary N) is 1. The number of ether oxygens (including phenoxy) is 2. The van der Waals surface area contributed by atoms with Crippen LogP contribution < -0.4 is 25.4 Å². The second-order valence-electron chi connectivity index (χ2n) is 6.40. The zero-order valence-corrected chi connectivity index (χ0v) is 15.7. The molecule has 0 aliphatic carbocycles. The number of anilines is 4. The van der Waals surface area contributed by atoms with Crippen LogP contribution in [0.4, 0.5) is 23.0 Å². The smallest absolute Gasteiger partial charge is 0.159 e. The molecule has 2 aromatic rings. The van der Waals surface area contributed by atoms with Crippen LogP contribution in [0.5, 0.6) is 11.5 Å². The molecular formula is C19H27N5O2. The van der Waals surface area contributed by atoms with E-state index < -0.39 is 0 Å². The van der Waals surface area contributed by atoms with E-state index in [0.717, 1.165) is 36.6 Å². The molecule has 0 saturated carbocycles. The van der Waals surface area contributed by atoms with E-state index in [9.17, 15) is 0 Å². The van der Waals surface area contributed by atoms with Crippen LogP contribution in [0.25, 0.3) is 0 Å². The molecule has 3 rings (SSSR count). The number of benzene rings is 1. The molecule has 7 nitrogen and oxygen atoms in total. The van der Waals surface area contributed by atoms with Gasteiger partial charge in [-0.2, -0.15) is 0 Å². The largest absolute Gasteiger partial charge is 0.497 e. The Bertz CT molecular complexity index is 753. The number of methoxy groups -OCH3 is 2. The maximum atomic E-state index is 6.44. The van der Waals surface area contributed by atoms with Gasteiger partial charge in [0, 0.05) is 18.7 Å². The summed E-state index contributed by atoms with van der Waals surface area (Å²) in [5, 5.41) is 3.27. The molecule has 1 unspecified atom stereocenters. The highest BCUT2D eigenvalue weighted by molar-refractivity contribution is 5.80. The molecule has 140 valence electrons. The monoisotopic (exact) mass is 357 g/mol. The summed E-state index contributed by atoms with van der Waals surface area (Å²) in [5.41, 5.74) is 7.74.